The molecular formula is C13H24N2O3. The van der Waals surface area contributed by atoms with Crippen molar-refractivity contribution in [3.05, 3.63) is 0 Å². The first-order valence-electron chi connectivity index (χ1n) is 6.53. The molecule has 1 rings (SSSR count). The Bertz CT molecular complexity index is 304. The molecule has 0 aromatic rings. The zero-order valence-corrected chi connectivity index (χ0v) is 11.5. The number of aliphatic carboxylic acids is 1. The highest BCUT2D eigenvalue weighted by molar-refractivity contribution is 5.84. The van der Waals surface area contributed by atoms with E-state index >= 15 is 0 Å². The first kappa shape index (κ1) is 15.0. The molecule has 0 radical (unpaired) electrons. The van der Waals surface area contributed by atoms with Crippen LogP contribution in [0.1, 0.15) is 40.0 Å². The van der Waals surface area contributed by atoms with Crippen LogP contribution in [0.3, 0.4) is 0 Å². The van der Waals surface area contributed by atoms with E-state index in [1.165, 1.54) is 0 Å². The number of amides is 1. The number of carbonyl (C=O) groups excluding carboxylic acids is 1. The number of carbonyl (C=O) groups is 2. The van der Waals surface area contributed by atoms with E-state index in [-0.39, 0.29) is 5.91 Å². The predicted molar refractivity (Wildman–Crippen MR) is 69.2 cm³/mol. The van der Waals surface area contributed by atoms with E-state index in [2.05, 4.69) is 10.6 Å². The summed E-state index contributed by atoms with van der Waals surface area (Å²) in [5, 5.41) is 15.0. The first-order chi connectivity index (χ1) is 8.30. The molecule has 5 nitrogen and oxygen atoms in total. The maximum Gasteiger partial charge on any atom is 0.326 e. The third-order valence-corrected chi connectivity index (χ3v) is 3.36. The van der Waals surface area contributed by atoms with Gasteiger partial charge in [0, 0.05) is 6.42 Å². The lowest BCUT2D eigenvalue weighted by Gasteiger charge is -2.27. The summed E-state index contributed by atoms with van der Waals surface area (Å²) in [5.41, 5.74) is -0.476. The number of carboxylic acid groups (broad SMARTS) is 1. The summed E-state index contributed by atoms with van der Waals surface area (Å²) in [6, 6.07) is -0.827. The van der Waals surface area contributed by atoms with Gasteiger partial charge in [0.1, 0.15) is 6.04 Å². The minimum atomic E-state index is -0.974. The summed E-state index contributed by atoms with van der Waals surface area (Å²) in [4.78, 5) is 22.9. The molecule has 18 heavy (non-hydrogen) atoms. The highest BCUT2D eigenvalue weighted by atomic mass is 16.4. The average Bonchev–Trinajstić information content (AvgIpc) is 2.73. The zero-order chi connectivity index (χ0) is 13.8. The summed E-state index contributed by atoms with van der Waals surface area (Å²) >= 11 is 0. The van der Waals surface area contributed by atoms with Crippen LogP contribution in [-0.4, -0.2) is 36.1 Å². The Morgan fingerprint density at radius 3 is 2.56 bits per heavy atom. The van der Waals surface area contributed by atoms with Gasteiger partial charge in [0.2, 0.25) is 5.91 Å². The second kappa shape index (κ2) is 6.18. The van der Waals surface area contributed by atoms with Gasteiger partial charge in [0.15, 0.2) is 0 Å². The highest BCUT2D eigenvalue weighted by Gasteiger charge is 2.32. The lowest BCUT2D eigenvalue weighted by atomic mass is 9.86. The molecular weight excluding hydrogens is 232 g/mol. The van der Waals surface area contributed by atoms with E-state index in [0.29, 0.717) is 12.3 Å². The van der Waals surface area contributed by atoms with Crippen molar-refractivity contribution in [2.75, 3.05) is 13.1 Å². The molecule has 2 atom stereocenters. The van der Waals surface area contributed by atoms with Crippen LogP contribution in [-0.2, 0) is 9.59 Å². The Labute approximate surface area is 108 Å². The fourth-order valence-corrected chi connectivity index (χ4v) is 2.18. The number of hydrogen-bond donors (Lipinski definition) is 3. The lowest BCUT2D eigenvalue weighted by molar-refractivity contribution is -0.145. The van der Waals surface area contributed by atoms with Crippen LogP contribution in [0.25, 0.3) is 0 Å². The smallest absolute Gasteiger partial charge is 0.326 e. The maximum atomic E-state index is 11.8. The second-order valence-electron chi connectivity index (χ2n) is 6.10. The number of rotatable bonds is 5. The van der Waals surface area contributed by atoms with Gasteiger partial charge in [-0.15, -0.1) is 0 Å². The molecule has 0 aromatic carbocycles. The van der Waals surface area contributed by atoms with Crippen LogP contribution in [0.5, 0.6) is 0 Å². The van der Waals surface area contributed by atoms with Gasteiger partial charge in [-0.1, -0.05) is 20.8 Å². The quantitative estimate of drug-likeness (QED) is 0.685. The van der Waals surface area contributed by atoms with Crippen molar-refractivity contribution in [3.8, 4) is 0 Å². The van der Waals surface area contributed by atoms with E-state index in [4.69, 9.17) is 5.11 Å². The summed E-state index contributed by atoms with van der Waals surface area (Å²) in [7, 11) is 0. The van der Waals surface area contributed by atoms with Gasteiger partial charge in [-0.3, -0.25) is 4.79 Å². The summed E-state index contributed by atoms with van der Waals surface area (Å²) in [6.07, 6.45) is 2.34. The second-order valence-corrected chi connectivity index (χ2v) is 6.10. The van der Waals surface area contributed by atoms with Crippen molar-refractivity contribution in [1.82, 2.24) is 10.6 Å². The van der Waals surface area contributed by atoms with Crippen LogP contribution < -0.4 is 10.6 Å². The first-order valence-corrected chi connectivity index (χ1v) is 6.53. The van der Waals surface area contributed by atoms with Crippen molar-refractivity contribution in [3.63, 3.8) is 0 Å². The van der Waals surface area contributed by atoms with Crippen molar-refractivity contribution < 1.29 is 14.7 Å². The van der Waals surface area contributed by atoms with E-state index in [1.54, 1.807) is 0 Å². The fraction of sp³-hybridized carbons (Fsp3) is 0.846. The molecule has 1 saturated heterocycles. The number of nitrogens with one attached hydrogen (secondary N) is 2. The molecule has 1 fully saturated rings. The Kier molecular flexibility index (Phi) is 5.14. The van der Waals surface area contributed by atoms with Gasteiger partial charge in [0.25, 0.3) is 0 Å². The SMILES string of the molecule is CC(C)(C)C(NC(=O)CCC1CCNC1)C(=O)O. The van der Waals surface area contributed by atoms with Crippen LogP contribution >= 0.6 is 0 Å². The molecule has 2 unspecified atom stereocenters. The van der Waals surface area contributed by atoms with E-state index in [0.717, 1.165) is 25.9 Å². The maximum absolute atomic E-state index is 11.8. The summed E-state index contributed by atoms with van der Waals surface area (Å²) < 4.78 is 0. The molecule has 1 aliphatic heterocycles. The molecule has 0 saturated carbocycles. The van der Waals surface area contributed by atoms with Crippen LogP contribution in [0.15, 0.2) is 0 Å². The Morgan fingerprint density at radius 1 is 1.44 bits per heavy atom. The van der Waals surface area contributed by atoms with E-state index < -0.39 is 17.4 Å². The molecule has 3 N–H and O–H groups in total. The van der Waals surface area contributed by atoms with Crippen molar-refractivity contribution in [1.29, 1.82) is 0 Å². The van der Waals surface area contributed by atoms with Crippen molar-refractivity contribution >= 4 is 11.9 Å². The van der Waals surface area contributed by atoms with E-state index in [1.807, 2.05) is 20.8 Å². The monoisotopic (exact) mass is 256 g/mol. The topological polar surface area (TPSA) is 78.4 Å². The molecule has 1 aliphatic rings. The Morgan fingerprint density at radius 2 is 2.11 bits per heavy atom. The molecule has 0 spiro atoms. The lowest BCUT2D eigenvalue weighted by Crippen LogP contribution is -2.49. The number of hydrogen-bond acceptors (Lipinski definition) is 3. The molecule has 1 heterocycles. The predicted octanol–water partition coefficient (Wildman–Crippen LogP) is 0.992. The van der Waals surface area contributed by atoms with Crippen LogP contribution in [0.2, 0.25) is 0 Å². The van der Waals surface area contributed by atoms with Crippen molar-refractivity contribution in [2.45, 2.75) is 46.1 Å². The molecule has 0 aliphatic carbocycles. The van der Waals surface area contributed by atoms with Gasteiger partial charge < -0.3 is 15.7 Å². The molecule has 5 heteroatoms. The van der Waals surface area contributed by atoms with Crippen molar-refractivity contribution in [2.24, 2.45) is 11.3 Å². The normalized spacial score (nSPS) is 21.6. The minimum absolute atomic E-state index is 0.163. The average molecular weight is 256 g/mol. The standard InChI is InChI=1S/C13H24N2O3/c1-13(2,3)11(12(17)18)15-10(16)5-4-9-6-7-14-8-9/h9,11,14H,4-8H2,1-3H3,(H,15,16)(H,17,18). The fourth-order valence-electron chi connectivity index (χ4n) is 2.18. The molecule has 1 amide bonds. The largest absolute Gasteiger partial charge is 0.480 e. The van der Waals surface area contributed by atoms with Gasteiger partial charge in [-0.2, -0.15) is 0 Å². The molecule has 104 valence electrons. The molecule has 0 bridgehead atoms. The Balaban J connectivity index is 2.39. The van der Waals surface area contributed by atoms with Gasteiger partial charge in [-0.25, -0.2) is 4.79 Å². The third-order valence-electron chi connectivity index (χ3n) is 3.36. The third kappa shape index (κ3) is 4.64. The summed E-state index contributed by atoms with van der Waals surface area (Å²) in [6.45, 7) is 7.42. The highest BCUT2D eigenvalue weighted by Crippen LogP contribution is 2.20. The van der Waals surface area contributed by atoms with Gasteiger partial charge >= 0.3 is 5.97 Å². The molecule has 0 aromatic heterocycles. The van der Waals surface area contributed by atoms with Crippen LogP contribution in [0, 0.1) is 11.3 Å². The minimum Gasteiger partial charge on any atom is -0.480 e. The Hall–Kier alpha value is -1.10. The number of carboxylic acids is 1. The van der Waals surface area contributed by atoms with Gasteiger partial charge in [-0.05, 0) is 37.3 Å². The van der Waals surface area contributed by atoms with Crippen LogP contribution in [0.4, 0.5) is 0 Å². The zero-order valence-electron chi connectivity index (χ0n) is 11.5. The summed E-state index contributed by atoms with van der Waals surface area (Å²) in [5.74, 6) is -0.587. The van der Waals surface area contributed by atoms with E-state index in [9.17, 15) is 9.59 Å². The van der Waals surface area contributed by atoms with Gasteiger partial charge in [0.05, 0.1) is 0 Å².